The highest BCUT2D eigenvalue weighted by Gasteiger charge is 2.40. The summed E-state index contributed by atoms with van der Waals surface area (Å²) < 4.78 is 24.8. The van der Waals surface area contributed by atoms with Crippen molar-refractivity contribution < 1.29 is 13.2 Å². The molecule has 0 aromatic heterocycles. The number of nitrogens with one attached hydrogen (secondary N) is 1. The SMILES string of the molecule is CCN1C(C(=O)NCC2=C(Cl)CCC=C2)CCS1(=O)=O. The third-order valence-electron chi connectivity index (χ3n) is 3.62. The average Bonchev–Trinajstić information content (AvgIpc) is 2.72. The molecule has 1 unspecified atom stereocenters. The Balaban J connectivity index is 1.98. The first kappa shape index (κ1) is 15.5. The number of hydrogen-bond donors (Lipinski definition) is 1. The lowest BCUT2D eigenvalue weighted by Gasteiger charge is -2.21. The van der Waals surface area contributed by atoms with Gasteiger partial charge in [0.2, 0.25) is 15.9 Å². The van der Waals surface area contributed by atoms with Crippen LogP contribution in [0.3, 0.4) is 0 Å². The maximum Gasteiger partial charge on any atom is 0.238 e. The smallest absolute Gasteiger partial charge is 0.238 e. The molecule has 1 aliphatic carbocycles. The van der Waals surface area contributed by atoms with E-state index < -0.39 is 16.1 Å². The van der Waals surface area contributed by atoms with E-state index >= 15 is 0 Å². The molecule has 0 aromatic carbocycles. The van der Waals surface area contributed by atoms with Crippen LogP contribution in [0.4, 0.5) is 0 Å². The summed E-state index contributed by atoms with van der Waals surface area (Å²) >= 11 is 6.10. The minimum atomic E-state index is -3.26. The van der Waals surface area contributed by atoms with Gasteiger partial charge in [-0.2, -0.15) is 4.31 Å². The number of allylic oxidation sites excluding steroid dienone is 2. The van der Waals surface area contributed by atoms with E-state index in [-0.39, 0.29) is 11.7 Å². The quantitative estimate of drug-likeness (QED) is 0.851. The minimum Gasteiger partial charge on any atom is -0.351 e. The third-order valence-corrected chi connectivity index (χ3v) is 6.03. The fraction of sp³-hybridized carbons (Fsp3) is 0.615. The molecule has 1 saturated heterocycles. The fourth-order valence-corrected chi connectivity index (χ4v) is 4.51. The van der Waals surface area contributed by atoms with Crippen molar-refractivity contribution in [2.24, 2.45) is 0 Å². The number of likely N-dealkylation sites (N-methyl/N-ethyl adjacent to an activating group) is 1. The molecule has 1 atom stereocenters. The summed E-state index contributed by atoms with van der Waals surface area (Å²) in [6.45, 7) is 2.42. The van der Waals surface area contributed by atoms with Gasteiger partial charge in [0, 0.05) is 18.1 Å². The number of sulfonamides is 1. The molecule has 1 N–H and O–H groups in total. The Kier molecular flexibility index (Phi) is 4.88. The summed E-state index contributed by atoms with van der Waals surface area (Å²) in [5, 5.41) is 3.55. The summed E-state index contributed by atoms with van der Waals surface area (Å²) in [5.74, 6) is -0.202. The van der Waals surface area contributed by atoms with Crippen molar-refractivity contribution in [3.63, 3.8) is 0 Å². The van der Waals surface area contributed by atoms with Gasteiger partial charge in [0.15, 0.2) is 0 Å². The van der Waals surface area contributed by atoms with Gasteiger partial charge in [0.05, 0.1) is 5.75 Å². The number of carbonyl (C=O) groups excluding carboxylic acids is 1. The molecule has 1 aliphatic heterocycles. The molecule has 0 radical (unpaired) electrons. The van der Waals surface area contributed by atoms with Crippen LogP contribution in [0.25, 0.3) is 0 Å². The van der Waals surface area contributed by atoms with E-state index in [2.05, 4.69) is 5.32 Å². The average molecular weight is 319 g/mol. The summed E-state index contributed by atoms with van der Waals surface area (Å²) in [6, 6.07) is -0.586. The first-order valence-corrected chi connectivity index (χ1v) is 8.75. The Labute approximate surface area is 124 Å². The number of amides is 1. The van der Waals surface area contributed by atoms with Crippen molar-refractivity contribution in [3.05, 3.63) is 22.8 Å². The molecule has 20 heavy (non-hydrogen) atoms. The topological polar surface area (TPSA) is 66.5 Å². The molecule has 0 bridgehead atoms. The van der Waals surface area contributed by atoms with Crippen LogP contribution >= 0.6 is 11.6 Å². The number of carbonyl (C=O) groups is 1. The van der Waals surface area contributed by atoms with Gasteiger partial charge in [-0.25, -0.2) is 8.42 Å². The summed E-state index contributed by atoms with van der Waals surface area (Å²) in [7, 11) is -3.26. The summed E-state index contributed by atoms with van der Waals surface area (Å²) in [6.07, 6.45) is 5.99. The van der Waals surface area contributed by atoms with Crippen LogP contribution in [0.2, 0.25) is 0 Å². The standard InChI is InChI=1S/C13H19ClN2O3S/c1-2-16-12(7-8-20(16,18)19)13(17)15-9-10-5-3-4-6-11(10)14/h3,5,12H,2,4,6-9H2,1H3,(H,15,17). The molecule has 0 spiro atoms. The van der Waals surface area contributed by atoms with Crippen LogP contribution in [0, 0.1) is 0 Å². The van der Waals surface area contributed by atoms with Crippen molar-refractivity contribution >= 4 is 27.5 Å². The van der Waals surface area contributed by atoms with Crippen molar-refractivity contribution in [3.8, 4) is 0 Å². The van der Waals surface area contributed by atoms with E-state index in [9.17, 15) is 13.2 Å². The molecule has 1 heterocycles. The lowest BCUT2D eigenvalue weighted by atomic mass is 10.1. The second kappa shape index (κ2) is 6.28. The fourth-order valence-electron chi connectivity index (χ4n) is 2.54. The van der Waals surface area contributed by atoms with Gasteiger partial charge in [-0.15, -0.1) is 0 Å². The highest BCUT2D eigenvalue weighted by Crippen LogP contribution is 2.23. The molecule has 1 amide bonds. The molecule has 5 nitrogen and oxygen atoms in total. The van der Waals surface area contributed by atoms with E-state index in [1.54, 1.807) is 6.92 Å². The molecule has 2 rings (SSSR count). The normalized spacial score (nSPS) is 26.0. The number of nitrogens with zero attached hydrogens (tertiary/aromatic N) is 1. The second-order valence-corrected chi connectivity index (χ2v) is 7.41. The Morgan fingerprint density at radius 2 is 2.30 bits per heavy atom. The Morgan fingerprint density at radius 3 is 2.95 bits per heavy atom. The van der Waals surface area contributed by atoms with Gasteiger partial charge >= 0.3 is 0 Å². The summed E-state index contributed by atoms with van der Waals surface area (Å²) in [5.41, 5.74) is 0.898. The van der Waals surface area contributed by atoms with Gasteiger partial charge in [-0.1, -0.05) is 30.7 Å². The van der Waals surface area contributed by atoms with E-state index in [0.29, 0.717) is 19.5 Å². The van der Waals surface area contributed by atoms with Crippen LogP contribution in [0.1, 0.15) is 26.2 Å². The Hall–Kier alpha value is -0.850. The first-order chi connectivity index (χ1) is 9.45. The van der Waals surface area contributed by atoms with Gasteiger partial charge in [0.25, 0.3) is 0 Å². The molecule has 0 saturated carbocycles. The zero-order valence-corrected chi connectivity index (χ0v) is 13.0. The second-order valence-electron chi connectivity index (χ2n) is 4.91. The number of hydrogen-bond acceptors (Lipinski definition) is 3. The van der Waals surface area contributed by atoms with Crippen LogP contribution in [-0.4, -0.2) is 43.5 Å². The van der Waals surface area contributed by atoms with Crippen LogP contribution in [-0.2, 0) is 14.8 Å². The van der Waals surface area contributed by atoms with Crippen LogP contribution in [0.15, 0.2) is 22.8 Å². The lowest BCUT2D eigenvalue weighted by molar-refractivity contribution is -0.124. The highest BCUT2D eigenvalue weighted by molar-refractivity contribution is 7.89. The highest BCUT2D eigenvalue weighted by atomic mass is 35.5. The van der Waals surface area contributed by atoms with E-state index in [1.807, 2.05) is 12.2 Å². The van der Waals surface area contributed by atoms with Crippen LogP contribution < -0.4 is 5.32 Å². The van der Waals surface area contributed by atoms with E-state index in [1.165, 1.54) is 4.31 Å². The number of rotatable bonds is 4. The lowest BCUT2D eigenvalue weighted by Crippen LogP contribution is -2.44. The molecular weight excluding hydrogens is 300 g/mol. The summed E-state index contributed by atoms with van der Waals surface area (Å²) in [4.78, 5) is 12.1. The monoisotopic (exact) mass is 318 g/mol. The van der Waals surface area contributed by atoms with Crippen molar-refractivity contribution in [2.45, 2.75) is 32.2 Å². The number of halogens is 1. The Morgan fingerprint density at radius 1 is 1.55 bits per heavy atom. The van der Waals surface area contributed by atoms with Crippen LogP contribution in [0.5, 0.6) is 0 Å². The zero-order chi connectivity index (χ0) is 14.8. The van der Waals surface area contributed by atoms with Crippen molar-refractivity contribution in [1.29, 1.82) is 0 Å². The van der Waals surface area contributed by atoms with Gasteiger partial charge in [0.1, 0.15) is 6.04 Å². The Bertz CT molecular complexity index is 554. The van der Waals surface area contributed by atoms with Crippen molar-refractivity contribution in [1.82, 2.24) is 9.62 Å². The molecule has 0 aromatic rings. The predicted octanol–water partition coefficient (Wildman–Crippen LogP) is 1.37. The minimum absolute atomic E-state index is 0.0439. The molecular formula is C13H19ClN2O3S. The third kappa shape index (κ3) is 3.24. The van der Waals surface area contributed by atoms with Crippen molar-refractivity contribution in [2.75, 3.05) is 18.8 Å². The maximum absolute atomic E-state index is 12.1. The molecule has 112 valence electrons. The predicted molar refractivity (Wildman–Crippen MR) is 78.8 cm³/mol. The van der Waals surface area contributed by atoms with Gasteiger partial charge in [-0.05, 0) is 24.8 Å². The maximum atomic E-state index is 12.1. The van der Waals surface area contributed by atoms with E-state index in [0.717, 1.165) is 23.4 Å². The first-order valence-electron chi connectivity index (χ1n) is 6.77. The largest absolute Gasteiger partial charge is 0.351 e. The van der Waals surface area contributed by atoms with E-state index in [4.69, 9.17) is 11.6 Å². The molecule has 7 heteroatoms. The molecule has 2 aliphatic rings. The molecule has 1 fully saturated rings. The zero-order valence-electron chi connectivity index (χ0n) is 11.4. The van der Waals surface area contributed by atoms with Gasteiger partial charge in [-0.3, -0.25) is 4.79 Å². The van der Waals surface area contributed by atoms with Gasteiger partial charge < -0.3 is 5.32 Å².